The maximum atomic E-state index is 12.9. The van der Waals surface area contributed by atoms with Crippen molar-refractivity contribution in [3.63, 3.8) is 0 Å². The standard InChI is InChI=1S/C32H39NO2/c34-31(30-12-7-21-35-30)33-19-17-32(18-20-33,28-10-5-2-6-11-28)16-15-29-25-13-14-26(29)23-27(22-25)24-8-3-1-4-9-24/h1-8,10-12,21,24-27,29H,9,13-20,22-23H2/t24?,25-,26+,27+,29?. The van der Waals surface area contributed by atoms with Gasteiger partial charge < -0.3 is 9.32 Å². The number of benzene rings is 1. The molecule has 1 amide bonds. The zero-order valence-electron chi connectivity index (χ0n) is 20.9. The molecule has 2 aromatic rings. The second-order valence-corrected chi connectivity index (χ2v) is 11.7. The number of nitrogens with zero attached hydrogens (tertiary/aromatic N) is 1. The van der Waals surface area contributed by atoms with Crippen molar-refractivity contribution in [3.05, 3.63) is 84.4 Å². The van der Waals surface area contributed by atoms with Crippen LogP contribution in [0, 0.1) is 29.6 Å². The van der Waals surface area contributed by atoms with Crippen molar-refractivity contribution in [1.29, 1.82) is 0 Å². The zero-order valence-corrected chi connectivity index (χ0v) is 20.9. The van der Waals surface area contributed by atoms with Gasteiger partial charge in [-0.3, -0.25) is 4.79 Å². The van der Waals surface area contributed by atoms with Crippen LogP contribution in [-0.2, 0) is 5.41 Å². The fourth-order valence-electron chi connectivity index (χ4n) is 8.08. The summed E-state index contributed by atoms with van der Waals surface area (Å²) in [6.45, 7) is 1.63. The zero-order chi connectivity index (χ0) is 23.7. The topological polar surface area (TPSA) is 33.5 Å². The van der Waals surface area contributed by atoms with Gasteiger partial charge in [-0.05, 0) is 110 Å². The van der Waals surface area contributed by atoms with Crippen molar-refractivity contribution in [2.75, 3.05) is 13.1 Å². The third-order valence-electron chi connectivity index (χ3n) is 10.0. The number of fused-ring (bicyclic) bond motifs is 2. The van der Waals surface area contributed by atoms with E-state index in [1.807, 2.05) is 4.90 Å². The number of carbonyl (C=O) groups excluding carboxylic acids is 1. The largest absolute Gasteiger partial charge is 0.459 e. The fourth-order valence-corrected chi connectivity index (χ4v) is 8.08. The third kappa shape index (κ3) is 4.55. The molecule has 0 spiro atoms. The van der Waals surface area contributed by atoms with E-state index in [9.17, 15) is 4.79 Å². The summed E-state index contributed by atoms with van der Waals surface area (Å²) in [5, 5.41) is 0. The van der Waals surface area contributed by atoms with Gasteiger partial charge >= 0.3 is 0 Å². The van der Waals surface area contributed by atoms with Crippen LogP contribution in [0.5, 0.6) is 0 Å². The van der Waals surface area contributed by atoms with Gasteiger partial charge in [0.2, 0.25) is 0 Å². The predicted molar refractivity (Wildman–Crippen MR) is 140 cm³/mol. The summed E-state index contributed by atoms with van der Waals surface area (Å²) in [6.07, 6.45) is 22.6. The molecule has 3 heteroatoms. The minimum absolute atomic E-state index is 0.0413. The molecule has 2 unspecified atom stereocenters. The maximum Gasteiger partial charge on any atom is 0.289 e. The second kappa shape index (κ2) is 9.84. The summed E-state index contributed by atoms with van der Waals surface area (Å²) in [7, 11) is 0. The number of allylic oxidation sites excluding steroid dienone is 4. The van der Waals surface area contributed by atoms with Crippen molar-refractivity contribution < 1.29 is 9.21 Å². The van der Waals surface area contributed by atoms with Crippen LogP contribution in [0.1, 0.15) is 73.9 Å². The second-order valence-electron chi connectivity index (χ2n) is 11.7. The Balaban J connectivity index is 1.13. The Hall–Kier alpha value is -2.55. The van der Waals surface area contributed by atoms with Gasteiger partial charge in [0.15, 0.2) is 5.76 Å². The lowest BCUT2D eigenvalue weighted by Crippen LogP contribution is -2.45. The van der Waals surface area contributed by atoms with Gasteiger partial charge in [-0.2, -0.15) is 0 Å². The van der Waals surface area contributed by atoms with Crippen molar-refractivity contribution in [2.45, 2.75) is 63.2 Å². The molecule has 0 N–H and O–H groups in total. The highest BCUT2D eigenvalue weighted by Crippen LogP contribution is 2.54. The van der Waals surface area contributed by atoms with E-state index in [0.29, 0.717) is 5.76 Å². The number of piperidine rings is 1. The molecule has 1 aromatic heterocycles. The van der Waals surface area contributed by atoms with Gasteiger partial charge in [0.25, 0.3) is 5.91 Å². The van der Waals surface area contributed by atoms with Gasteiger partial charge in [-0.1, -0.05) is 54.6 Å². The Morgan fingerprint density at radius 2 is 1.71 bits per heavy atom. The molecule has 2 bridgehead atoms. The molecule has 3 fully saturated rings. The van der Waals surface area contributed by atoms with Crippen LogP contribution in [0.15, 0.2) is 77.4 Å². The normalized spacial score (nSPS) is 31.5. The Morgan fingerprint density at radius 1 is 0.943 bits per heavy atom. The highest BCUT2D eigenvalue weighted by Gasteiger charge is 2.45. The van der Waals surface area contributed by atoms with Crippen LogP contribution in [0.2, 0.25) is 0 Å². The first-order valence-electron chi connectivity index (χ1n) is 13.9. The highest BCUT2D eigenvalue weighted by molar-refractivity contribution is 5.91. The summed E-state index contributed by atoms with van der Waals surface area (Å²) in [5.74, 6) is 4.92. The fraction of sp³-hybridized carbons (Fsp3) is 0.531. The molecule has 6 rings (SSSR count). The lowest BCUT2D eigenvalue weighted by Gasteiger charge is -2.44. The van der Waals surface area contributed by atoms with E-state index in [1.165, 1.54) is 50.5 Å². The van der Waals surface area contributed by atoms with Crippen LogP contribution in [-0.4, -0.2) is 23.9 Å². The summed E-state index contributed by atoms with van der Waals surface area (Å²) < 4.78 is 5.40. The molecule has 2 saturated carbocycles. The van der Waals surface area contributed by atoms with Crippen LogP contribution >= 0.6 is 0 Å². The maximum absolute atomic E-state index is 12.9. The molecule has 184 valence electrons. The van der Waals surface area contributed by atoms with E-state index in [1.54, 1.807) is 18.4 Å². The first-order valence-corrected chi connectivity index (χ1v) is 13.9. The number of furan rings is 1. The molecule has 3 nitrogen and oxygen atoms in total. The van der Waals surface area contributed by atoms with E-state index in [4.69, 9.17) is 4.42 Å². The molecule has 5 atom stereocenters. The van der Waals surface area contributed by atoms with E-state index >= 15 is 0 Å². The number of amides is 1. The Bertz CT molecular complexity index is 1030. The monoisotopic (exact) mass is 469 g/mol. The van der Waals surface area contributed by atoms with Crippen LogP contribution in [0.25, 0.3) is 0 Å². The minimum atomic E-state index is 0.0413. The first-order chi connectivity index (χ1) is 17.2. The van der Waals surface area contributed by atoms with E-state index < -0.39 is 0 Å². The summed E-state index contributed by atoms with van der Waals surface area (Å²) in [6, 6.07) is 14.8. The van der Waals surface area contributed by atoms with Crippen molar-refractivity contribution in [2.24, 2.45) is 29.6 Å². The number of rotatable bonds is 6. The van der Waals surface area contributed by atoms with Crippen molar-refractivity contribution >= 4 is 5.91 Å². The SMILES string of the molecule is O=C(c1ccco1)N1CCC(CCC2[C@@H]3CC[C@H]2C[C@@H](C2C=CC=CC2)C3)(c2ccccc2)CC1. The van der Waals surface area contributed by atoms with Gasteiger partial charge in [-0.25, -0.2) is 0 Å². The van der Waals surface area contributed by atoms with Crippen LogP contribution < -0.4 is 0 Å². The molecular weight excluding hydrogens is 430 g/mol. The number of carbonyl (C=O) groups is 1. The lowest BCUT2D eigenvalue weighted by atomic mass is 9.63. The summed E-state index contributed by atoms with van der Waals surface area (Å²) >= 11 is 0. The van der Waals surface area contributed by atoms with Gasteiger partial charge in [0, 0.05) is 13.1 Å². The van der Waals surface area contributed by atoms with Crippen LogP contribution in [0.3, 0.4) is 0 Å². The number of hydrogen-bond donors (Lipinski definition) is 0. The van der Waals surface area contributed by atoms with Crippen molar-refractivity contribution in [3.8, 4) is 0 Å². The summed E-state index contributed by atoms with van der Waals surface area (Å²) in [5.41, 5.74) is 1.67. The van der Waals surface area contributed by atoms with E-state index in [0.717, 1.165) is 55.5 Å². The quantitative estimate of drug-likeness (QED) is 0.441. The lowest BCUT2D eigenvalue weighted by molar-refractivity contribution is 0.0606. The van der Waals surface area contributed by atoms with Crippen LogP contribution in [0.4, 0.5) is 0 Å². The first kappa shape index (κ1) is 22.9. The molecule has 0 radical (unpaired) electrons. The molecule has 1 aliphatic heterocycles. The van der Waals surface area contributed by atoms with Crippen molar-refractivity contribution in [1.82, 2.24) is 4.90 Å². The average Bonchev–Trinajstić information content (AvgIpc) is 3.54. The summed E-state index contributed by atoms with van der Waals surface area (Å²) in [4.78, 5) is 14.9. The molecule has 3 aliphatic carbocycles. The third-order valence-corrected chi connectivity index (χ3v) is 10.0. The van der Waals surface area contributed by atoms with Gasteiger partial charge in [0.1, 0.15) is 0 Å². The predicted octanol–water partition coefficient (Wildman–Crippen LogP) is 7.42. The van der Waals surface area contributed by atoms with Gasteiger partial charge in [0.05, 0.1) is 6.26 Å². The smallest absolute Gasteiger partial charge is 0.289 e. The molecule has 35 heavy (non-hydrogen) atoms. The molecule has 2 heterocycles. The average molecular weight is 470 g/mol. The molecule has 1 saturated heterocycles. The van der Waals surface area contributed by atoms with E-state index in [-0.39, 0.29) is 11.3 Å². The van der Waals surface area contributed by atoms with Gasteiger partial charge in [-0.15, -0.1) is 0 Å². The Kier molecular flexibility index (Phi) is 6.43. The number of likely N-dealkylation sites (tertiary alicyclic amines) is 1. The highest BCUT2D eigenvalue weighted by atomic mass is 16.3. The Labute approximate surface area is 210 Å². The minimum Gasteiger partial charge on any atom is -0.459 e. The number of hydrogen-bond acceptors (Lipinski definition) is 2. The molecular formula is C32H39NO2. The molecule has 4 aliphatic rings. The van der Waals surface area contributed by atoms with E-state index in [2.05, 4.69) is 54.6 Å². The Morgan fingerprint density at radius 3 is 2.37 bits per heavy atom. The molecule has 1 aromatic carbocycles.